The molecule has 1 atom stereocenters. The van der Waals surface area contributed by atoms with Crippen LogP contribution in [0.3, 0.4) is 0 Å². The van der Waals surface area contributed by atoms with E-state index in [1.807, 2.05) is 0 Å². The molecule has 3 aromatic rings. The highest BCUT2D eigenvalue weighted by Gasteiger charge is 2.37. The van der Waals surface area contributed by atoms with Crippen LogP contribution in [0, 0.1) is 11.7 Å². The number of alkyl halides is 3. The number of carbonyl (C=O) groups is 1. The number of nitrogens with one attached hydrogen (secondary N) is 1. The standard InChI is InChI=1S/C24H22F4N4O2/c25-20-12-16(7-8-21(20)34-18-5-1-9-29-14-18)13-31-23(33)17-4-3-11-32(15-17)22-19(24(26,27)28)6-2-10-30-22/h1-2,5-10,12,14,17H,3-4,11,13,15H2,(H,31,33). The maximum Gasteiger partial charge on any atom is 0.419 e. The third kappa shape index (κ3) is 5.62. The molecule has 1 unspecified atom stereocenters. The topological polar surface area (TPSA) is 67.3 Å². The van der Waals surface area contributed by atoms with Crippen molar-refractivity contribution in [1.29, 1.82) is 0 Å². The number of halogens is 4. The van der Waals surface area contributed by atoms with Crippen molar-refractivity contribution in [1.82, 2.24) is 15.3 Å². The minimum atomic E-state index is -4.53. The second-order valence-electron chi connectivity index (χ2n) is 7.93. The molecule has 2 aromatic heterocycles. The lowest BCUT2D eigenvalue weighted by atomic mass is 9.96. The average molecular weight is 474 g/mol. The van der Waals surface area contributed by atoms with Crippen LogP contribution in [0.15, 0.2) is 61.1 Å². The van der Waals surface area contributed by atoms with Gasteiger partial charge in [-0.3, -0.25) is 9.78 Å². The third-order valence-electron chi connectivity index (χ3n) is 5.51. The Hall–Kier alpha value is -3.69. The first-order valence-corrected chi connectivity index (χ1v) is 10.7. The number of carbonyl (C=O) groups excluding carboxylic acids is 1. The Balaban J connectivity index is 1.37. The molecule has 1 saturated heterocycles. The zero-order chi connectivity index (χ0) is 24.1. The fourth-order valence-corrected chi connectivity index (χ4v) is 3.86. The van der Waals surface area contributed by atoms with Gasteiger partial charge in [0.25, 0.3) is 0 Å². The van der Waals surface area contributed by atoms with Crippen molar-refractivity contribution in [3.8, 4) is 11.5 Å². The van der Waals surface area contributed by atoms with Crippen molar-refractivity contribution >= 4 is 11.7 Å². The Morgan fingerprint density at radius 3 is 2.74 bits per heavy atom. The van der Waals surface area contributed by atoms with E-state index in [1.165, 1.54) is 35.5 Å². The SMILES string of the molecule is O=C(NCc1ccc(Oc2cccnc2)c(F)c1)C1CCCN(c2ncccc2C(F)(F)F)C1. The Labute approximate surface area is 193 Å². The number of piperidine rings is 1. The lowest BCUT2D eigenvalue weighted by Gasteiger charge is -2.34. The van der Waals surface area contributed by atoms with Gasteiger partial charge in [0.15, 0.2) is 11.6 Å². The van der Waals surface area contributed by atoms with E-state index in [0.29, 0.717) is 30.7 Å². The summed E-state index contributed by atoms with van der Waals surface area (Å²) in [4.78, 5) is 22.0. The van der Waals surface area contributed by atoms with Gasteiger partial charge >= 0.3 is 6.18 Å². The van der Waals surface area contributed by atoms with Gasteiger partial charge in [-0.2, -0.15) is 13.2 Å². The summed E-state index contributed by atoms with van der Waals surface area (Å²) in [6, 6.07) is 9.91. The van der Waals surface area contributed by atoms with Crippen molar-refractivity contribution in [2.45, 2.75) is 25.6 Å². The maximum absolute atomic E-state index is 14.4. The molecule has 1 N–H and O–H groups in total. The molecule has 1 amide bonds. The van der Waals surface area contributed by atoms with Crippen LogP contribution < -0.4 is 15.0 Å². The number of aromatic nitrogens is 2. The second-order valence-corrected chi connectivity index (χ2v) is 7.93. The van der Waals surface area contributed by atoms with Gasteiger partial charge < -0.3 is 15.0 Å². The van der Waals surface area contributed by atoms with Crippen molar-refractivity contribution in [3.05, 3.63) is 78.0 Å². The number of rotatable bonds is 6. The summed E-state index contributed by atoms with van der Waals surface area (Å²) in [5, 5.41) is 2.76. The van der Waals surface area contributed by atoms with Gasteiger partial charge in [0.2, 0.25) is 5.91 Å². The molecule has 1 fully saturated rings. The normalized spacial score (nSPS) is 16.2. The molecule has 0 bridgehead atoms. The first kappa shape index (κ1) is 23.5. The molecule has 0 aliphatic carbocycles. The number of anilines is 1. The lowest BCUT2D eigenvalue weighted by Crippen LogP contribution is -2.43. The van der Waals surface area contributed by atoms with Crippen molar-refractivity contribution in [2.24, 2.45) is 5.92 Å². The Bertz CT molecular complexity index is 1140. The highest BCUT2D eigenvalue weighted by Crippen LogP contribution is 2.36. The van der Waals surface area contributed by atoms with Crippen LogP contribution in [-0.4, -0.2) is 29.0 Å². The molecule has 6 nitrogen and oxygen atoms in total. The fourth-order valence-electron chi connectivity index (χ4n) is 3.86. The molecule has 3 heterocycles. The predicted molar refractivity (Wildman–Crippen MR) is 117 cm³/mol. The summed E-state index contributed by atoms with van der Waals surface area (Å²) >= 11 is 0. The minimum absolute atomic E-state index is 0.0295. The van der Waals surface area contributed by atoms with Gasteiger partial charge in [-0.05, 0) is 54.8 Å². The molecule has 4 rings (SSSR count). The van der Waals surface area contributed by atoms with Crippen LogP contribution in [0.4, 0.5) is 23.4 Å². The summed E-state index contributed by atoms with van der Waals surface area (Å²) in [5.74, 6) is -1.14. The molecule has 1 aromatic carbocycles. The van der Waals surface area contributed by atoms with Crippen LogP contribution >= 0.6 is 0 Å². The molecule has 0 saturated carbocycles. The molecular formula is C24H22F4N4O2. The smallest absolute Gasteiger partial charge is 0.419 e. The quantitative estimate of drug-likeness (QED) is 0.512. The van der Waals surface area contributed by atoms with E-state index < -0.39 is 23.5 Å². The largest absolute Gasteiger partial charge is 0.453 e. The van der Waals surface area contributed by atoms with E-state index in [-0.39, 0.29) is 30.6 Å². The van der Waals surface area contributed by atoms with Crippen LogP contribution in [0.25, 0.3) is 0 Å². The number of benzene rings is 1. The number of pyridine rings is 2. The number of ether oxygens (including phenoxy) is 1. The third-order valence-corrected chi connectivity index (χ3v) is 5.51. The van der Waals surface area contributed by atoms with E-state index in [2.05, 4.69) is 15.3 Å². The summed E-state index contributed by atoms with van der Waals surface area (Å²) in [5.41, 5.74) is -0.290. The summed E-state index contributed by atoms with van der Waals surface area (Å²) in [7, 11) is 0. The van der Waals surface area contributed by atoms with Crippen LogP contribution in [0.5, 0.6) is 11.5 Å². The first-order valence-electron chi connectivity index (χ1n) is 10.7. The summed E-state index contributed by atoms with van der Waals surface area (Å²) in [6.07, 6.45) is 0.916. The highest BCUT2D eigenvalue weighted by molar-refractivity contribution is 5.79. The van der Waals surface area contributed by atoms with E-state index in [9.17, 15) is 22.4 Å². The van der Waals surface area contributed by atoms with E-state index in [4.69, 9.17) is 4.74 Å². The second kappa shape index (κ2) is 10.1. The van der Waals surface area contributed by atoms with E-state index >= 15 is 0 Å². The van der Waals surface area contributed by atoms with Gasteiger partial charge in [0, 0.05) is 32.0 Å². The summed E-state index contributed by atoms with van der Waals surface area (Å²) in [6.45, 7) is 0.586. The predicted octanol–water partition coefficient (Wildman–Crippen LogP) is 4.96. The van der Waals surface area contributed by atoms with Gasteiger partial charge in [-0.25, -0.2) is 9.37 Å². The molecule has 0 spiro atoms. The average Bonchev–Trinajstić information content (AvgIpc) is 2.84. The first-order chi connectivity index (χ1) is 16.3. The van der Waals surface area contributed by atoms with E-state index in [0.717, 1.165) is 6.07 Å². The molecule has 34 heavy (non-hydrogen) atoms. The minimum Gasteiger partial charge on any atom is -0.453 e. The molecule has 178 valence electrons. The van der Waals surface area contributed by atoms with Gasteiger partial charge in [0.05, 0.1) is 17.7 Å². The molecule has 0 radical (unpaired) electrons. The molecule has 1 aliphatic rings. The summed E-state index contributed by atoms with van der Waals surface area (Å²) < 4.78 is 60.0. The van der Waals surface area contributed by atoms with Gasteiger partial charge in [-0.15, -0.1) is 0 Å². The van der Waals surface area contributed by atoms with Gasteiger partial charge in [-0.1, -0.05) is 6.07 Å². The molecular weight excluding hydrogens is 452 g/mol. The zero-order valence-corrected chi connectivity index (χ0v) is 18.1. The maximum atomic E-state index is 14.4. The van der Waals surface area contributed by atoms with Crippen molar-refractivity contribution in [3.63, 3.8) is 0 Å². The number of amides is 1. The fraction of sp³-hybridized carbons (Fsp3) is 0.292. The Morgan fingerprint density at radius 2 is 2.00 bits per heavy atom. The van der Waals surface area contributed by atoms with Crippen LogP contribution in [-0.2, 0) is 17.5 Å². The Kier molecular flexibility index (Phi) is 6.95. The number of nitrogens with zero attached hydrogens (tertiary/aromatic N) is 3. The monoisotopic (exact) mass is 474 g/mol. The molecule has 10 heteroatoms. The number of hydrogen-bond donors (Lipinski definition) is 1. The highest BCUT2D eigenvalue weighted by atomic mass is 19.4. The lowest BCUT2D eigenvalue weighted by molar-refractivity contribution is -0.137. The van der Waals surface area contributed by atoms with Crippen molar-refractivity contribution in [2.75, 3.05) is 18.0 Å². The number of hydrogen-bond acceptors (Lipinski definition) is 5. The van der Waals surface area contributed by atoms with Crippen LogP contribution in [0.1, 0.15) is 24.0 Å². The van der Waals surface area contributed by atoms with E-state index in [1.54, 1.807) is 24.4 Å². The van der Waals surface area contributed by atoms with Gasteiger partial charge in [0.1, 0.15) is 11.6 Å². The van der Waals surface area contributed by atoms with Crippen molar-refractivity contribution < 1.29 is 27.1 Å². The van der Waals surface area contributed by atoms with Crippen LogP contribution in [0.2, 0.25) is 0 Å². The Morgan fingerprint density at radius 1 is 1.18 bits per heavy atom. The zero-order valence-electron chi connectivity index (χ0n) is 18.1. The molecule has 1 aliphatic heterocycles.